The molecule has 30 heavy (non-hydrogen) atoms. The first-order valence-corrected chi connectivity index (χ1v) is 10.2. The summed E-state index contributed by atoms with van der Waals surface area (Å²) in [4.78, 5) is 4.68. The summed E-state index contributed by atoms with van der Waals surface area (Å²) in [5.74, 6) is 2.62. The topological polar surface area (TPSA) is 80.3 Å². The molecule has 0 aliphatic heterocycles. The summed E-state index contributed by atoms with van der Waals surface area (Å²) in [6, 6.07) is 14.7. The Hall–Kier alpha value is -2.36. The zero-order valence-corrected chi connectivity index (χ0v) is 20.0. The average Bonchev–Trinajstić information content (AvgIpc) is 3.43. The molecule has 2 aromatic heterocycles. The molecule has 0 aliphatic carbocycles. The van der Waals surface area contributed by atoms with Gasteiger partial charge in [0.1, 0.15) is 24.5 Å². The van der Waals surface area contributed by atoms with Gasteiger partial charge >= 0.3 is 0 Å². The van der Waals surface area contributed by atoms with Crippen molar-refractivity contribution < 1.29 is 4.42 Å². The molecule has 162 valence electrons. The van der Waals surface area contributed by atoms with Crippen LogP contribution in [0.4, 0.5) is 0 Å². The van der Waals surface area contributed by atoms with Crippen LogP contribution >= 0.6 is 24.0 Å². The smallest absolute Gasteiger partial charge is 0.191 e. The number of halogens is 1. The number of rotatable bonds is 10. The number of nitrogens with zero attached hydrogens (tertiary/aromatic N) is 4. The van der Waals surface area contributed by atoms with Crippen LogP contribution in [0, 0.1) is 0 Å². The fourth-order valence-corrected chi connectivity index (χ4v) is 3.08. The minimum Gasteiger partial charge on any atom is -0.467 e. The van der Waals surface area contributed by atoms with E-state index in [4.69, 9.17) is 4.42 Å². The average molecular weight is 522 g/mol. The minimum absolute atomic E-state index is 0. The van der Waals surface area contributed by atoms with Gasteiger partial charge in [0.05, 0.1) is 6.26 Å². The largest absolute Gasteiger partial charge is 0.467 e. The number of hydrogen-bond acceptors (Lipinski definition) is 4. The molecule has 8 heteroatoms. The second-order valence-corrected chi connectivity index (χ2v) is 7.03. The molecule has 0 spiro atoms. The third-order valence-electron chi connectivity index (χ3n) is 4.72. The molecule has 0 saturated carbocycles. The third kappa shape index (κ3) is 7.81. The molecular weight excluding hydrogens is 491 g/mol. The summed E-state index contributed by atoms with van der Waals surface area (Å²) in [5.41, 5.74) is 1.35. The first-order valence-electron chi connectivity index (χ1n) is 10.2. The molecule has 2 heterocycles. The van der Waals surface area contributed by atoms with Crippen molar-refractivity contribution in [2.45, 2.75) is 52.2 Å². The Kier molecular flexibility index (Phi) is 10.4. The van der Waals surface area contributed by atoms with E-state index in [9.17, 15) is 0 Å². The molecule has 2 N–H and O–H groups in total. The van der Waals surface area contributed by atoms with Crippen LogP contribution in [0.3, 0.4) is 0 Å². The van der Waals surface area contributed by atoms with Crippen molar-refractivity contribution in [1.82, 2.24) is 25.4 Å². The van der Waals surface area contributed by atoms with E-state index in [1.54, 1.807) is 12.6 Å². The van der Waals surface area contributed by atoms with Crippen molar-refractivity contribution in [3.8, 4) is 0 Å². The predicted molar refractivity (Wildman–Crippen MR) is 130 cm³/mol. The van der Waals surface area contributed by atoms with Crippen molar-refractivity contribution in [3.63, 3.8) is 0 Å². The maximum absolute atomic E-state index is 5.40. The van der Waals surface area contributed by atoms with Crippen LogP contribution in [0.2, 0.25) is 0 Å². The van der Waals surface area contributed by atoms with Crippen molar-refractivity contribution in [1.29, 1.82) is 0 Å². The summed E-state index contributed by atoms with van der Waals surface area (Å²) >= 11 is 0. The summed E-state index contributed by atoms with van der Waals surface area (Å²) in [6.45, 7) is 6.29. The van der Waals surface area contributed by atoms with E-state index in [1.807, 2.05) is 18.2 Å². The van der Waals surface area contributed by atoms with E-state index >= 15 is 0 Å². The summed E-state index contributed by atoms with van der Waals surface area (Å²) < 4.78 is 7.47. The molecule has 0 radical (unpaired) electrons. The lowest BCUT2D eigenvalue weighted by Crippen LogP contribution is -2.43. The molecular formula is C22H31IN6O. The molecule has 3 aromatic rings. The van der Waals surface area contributed by atoms with Gasteiger partial charge in [-0.3, -0.25) is 0 Å². The van der Waals surface area contributed by atoms with Crippen LogP contribution in [0.15, 0.2) is 64.5 Å². The van der Waals surface area contributed by atoms with Crippen molar-refractivity contribution in [2.75, 3.05) is 6.54 Å². The van der Waals surface area contributed by atoms with Crippen LogP contribution in [-0.4, -0.2) is 33.3 Å². The Morgan fingerprint density at radius 1 is 1.20 bits per heavy atom. The number of guanidine groups is 1. The fraction of sp³-hybridized carbons (Fsp3) is 0.409. The molecule has 0 fully saturated rings. The fourth-order valence-electron chi connectivity index (χ4n) is 3.08. The van der Waals surface area contributed by atoms with Crippen LogP contribution in [0.5, 0.6) is 0 Å². The maximum atomic E-state index is 5.40. The lowest BCUT2D eigenvalue weighted by atomic mass is 10.1. The number of aryl methyl sites for hydroxylation is 2. The first-order chi connectivity index (χ1) is 14.2. The van der Waals surface area contributed by atoms with E-state index in [0.29, 0.717) is 12.6 Å². The first kappa shape index (κ1) is 23.9. The van der Waals surface area contributed by atoms with Gasteiger partial charge in [0.25, 0.3) is 0 Å². The number of hydrogen-bond donors (Lipinski definition) is 2. The van der Waals surface area contributed by atoms with Gasteiger partial charge in [0.15, 0.2) is 5.96 Å². The second kappa shape index (κ2) is 13.0. The third-order valence-corrected chi connectivity index (χ3v) is 4.72. The molecule has 3 rings (SSSR count). The van der Waals surface area contributed by atoms with E-state index in [-0.39, 0.29) is 24.0 Å². The van der Waals surface area contributed by atoms with Gasteiger partial charge in [-0.1, -0.05) is 37.3 Å². The van der Waals surface area contributed by atoms with Crippen LogP contribution in [0.1, 0.15) is 37.4 Å². The van der Waals surface area contributed by atoms with Crippen LogP contribution < -0.4 is 10.6 Å². The van der Waals surface area contributed by atoms with Gasteiger partial charge in [-0.05, 0) is 37.5 Å². The second-order valence-electron chi connectivity index (χ2n) is 7.03. The van der Waals surface area contributed by atoms with Crippen molar-refractivity contribution in [3.05, 3.63) is 72.2 Å². The van der Waals surface area contributed by atoms with Crippen LogP contribution in [-0.2, 0) is 25.9 Å². The zero-order chi connectivity index (χ0) is 20.3. The molecule has 7 nitrogen and oxygen atoms in total. The molecule has 0 aliphatic rings. The molecule has 0 bridgehead atoms. The number of nitrogens with one attached hydrogen (secondary N) is 2. The standard InChI is InChI=1S/C22H30N6O.HI/c1-3-21-27-25-17-28(21)14-13-23-22(24-16-20-10-7-15-29-20)26-18(2)11-12-19-8-5-4-6-9-19;/h4-10,15,17-18H,3,11-14,16H2,1-2H3,(H2,23,24,26);1H. The summed E-state index contributed by atoms with van der Waals surface area (Å²) in [7, 11) is 0. The monoisotopic (exact) mass is 522 g/mol. The van der Waals surface area contributed by atoms with Gasteiger partial charge in [-0.25, -0.2) is 4.99 Å². The van der Waals surface area contributed by atoms with E-state index in [0.717, 1.165) is 49.9 Å². The van der Waals surface area contributed by atoms with Gasteiger partial charge in [0.2, 0.25) is 0 Å². The Labute approximate surface area is 195 Å². The molecule has 1 aromatic carbocycles. The lowest BCUT2D eigenvalue weighted by Gasteiger charge is -2.18. The number of furan rings is 1. The maximum Gasteiger partial charge on any atom is 0.191 e. The summed E-state index contributed by atoms with van der Waals surface area (Å²) in [5, 5.41) is 15.1. The molecule has 1 unspecified atom stereocenters. The van der Waals surface area contributed by atoms with Gasteiger partial charge in [-0.2, -0.15) is 0 Å². The highest BCUT2D eigenvalue weighted by Crippen LogP contribution is 2.05. The highest BCUT2D eigenvalue weighted by Gasteiger charge is 2.08. The Morgan fingerprint density at radius 2 is 2.03 bits per heavy atom. The number of aromatic nitrogens is 3. The van der Waals surface area contributed by atoms with Gasteiger partial charge in [0, 0.05) is 25.6 Å². The highest BCUT2D eigenvalue weighted by molar-refractivity contribution is 14.0. The quantitative estimate of drug-likeness (QED) is 0.241. The Morgan fingerprint density at radius 3 is 2.77 bits per heavy atom. The van der Waals surface area contributed by atoms with E-state index in [1.165, 1.54) is 5.56 Å². The van der Waals surface area contributed by atoms with Crippen molar-refractivity contribution in [2.24, 2.45) is 4.99 Å². The Balaban J connectivity index is 0.00000320. The summed E-state index contributed by atoms with van der Waals surface area (Å²) in [6.07, 6.45) is 6.37. The van der Waals surface area contributed by atoms with Gasteiger partial charge in [-0.15, -0.1) is 34.2 Å². The Bertz CT molecular complexity index is 863. The minimum atomic E-state index is 0. The predicted octanol–water partition coefficient (Wildman–Crippen LogP) is 3.81. The lowest BCUT2D eigenvalue weighted by molar-refractivity contribution is 0.510. The number of benzene rings is 1. The number of aliphatic imine (C=N–C) groups is 1. The zero-order valence-electron chi connectivity index (χ0n) is 17.6. The molecule has 1 atom stereocenters. The molecule has 0 saturated heterocycles. The van der Waals surface area contributed by atoms with Crippen LogP contribution in [0.25, 0.3) is 0 Å². The normalized spacial score (nSPS) is 12.3. The van der Waals surface area contributed by atoms with E-state index in [2.05, 4.69) is 68.5 Å². The van der Waals surface area contributed by atoms with E-state index < -0.39 is 0 Å². The van der Waals surface area contributed by atoms with Crippen molar-refractivity contribution >= 4 is 29.9 Å². The SMILES string of the molecule is CCc1nncn1CCNC(=NCc1ccco1)NC(C)CCc1ccccc1.I. The molecule has 0 amide bonds. The van der Waals surface area contributed by atoms with Gasteiger partial charge < -0.3 is 19.6 Å². The highest BCUT2D eigenvalue weighted by atomic mass is 127.